The Labute approximate surface area is 103 Å². The lowest BCUT2D eigenvalue weighted by Gasteiger charge is -2.24. The van der Waals surface area contributed by atoms with E-state index in [2.05, 4.69) is 5.16 Å². The number of hydrogen-bond acceptors (Lipinski definition) is 3. The molecular weight excluding hydrogens is 214 g/mol. The van der Waals surface area contributed by atoms with Crippen molar-refractivity contribution in [1.29, 1.82) is 0 Å². The van der Waals surface area contributed by atoms with Crippen LogP contribution >= 0.6 is 0 Å². The Morgan fingerprint density at radius 1 is 0.882 bits per heavy atom. The summed E-state index contributed by atoms with van der Waals surface area (Å²) in [5.41, 5.74) is 0.891. The molecule has 2 aliphatic rings. The molecule has 2 aliphatic carbocycles. The normalized spacial score (nSPS) is 34.4. The Bertz CT molecular complexity index is 299. The van der Waals surface area contributed by atoms with Crippen LogP contribution in [0.15, 0.2) is 5.16 Å². The van der Waals surface area contributed by atoms with E-state index in [1.807, 2.05) is 0 Å². The van der Waals surface area contributed by atoms with E-state index in [9.17, 15) is 4.79 Å². The average molecular weight is 237 g/mol. The Morgan fingerprint density at radius 2 is 1.53 bits per heavy atom. The number of carbonyl (C=O) groups excluding carboxylic acids is 1. The van der Waals surface area contributed by atoms with E-state index in [-0.39, 0.29) is 11.8 Å². The number of Topliss-reactive ketones (excluding diaryl/α,β-unsaturated/α-hetero) is 1. The molecule has 96 valence electrons. The van der Waals surface area contributed by atoms with Crippen LogP contribution in [0.5, 0.6) is 0 Å². The van der Waals surface area contributed by atoms with Gasteiger partial charge in [-0.2, -0.15) is 0 Å². The Hall–Kier alpha value is -0.860. The van der Waals surface area contributed by atoms with Crippen LogP contribution in [0.25, 0.3) is 0 Å². The van der Waals surface area contributed by atoms with Gasteiger partial charge in [-0.05, 0) is 32.1 Å². The SMILES string of the molecule is O=C1CCCCCC1C1CCCCCC1=NO. The maximum Gasteiger partial charge on any atom is 0.136 e. The van der Waals surface area contributed by atoms with Gasteiger partial charge < -0.3 is 5.21 Å². The van der Waals surface area contributed by atoms with Gasteiger partial charge in [0.15, 0.2) is 0 Å². The van der Waals surface area contributed by atoms with Crippen molar-refractivity contribution in [3.05, 3.63) is 0 Å². The monoisotopic (exact) mass is 237 g/mol. The van der Waals surface area contributed by atoms with E-state index in [1.54, 1.807) is 0 Å². The zero-order valence-corrected chi connectivity index (χ0v) is 10.5. The van der Waals surface area contributed by atoms with Crippen LogP contribution in [0.2, 0.25) is 0 Å². The average Bonchev–Trinajstić information content (AvgIpc) is 2.68. The number of nitrogens with zero attached hydrogens (tertiary/aromatic N) is 1. The zero-order valence-electron chi connectivity index (χ0n) is 10.5. The van der Waals surface area contributed by atoms with Crippen LogP contribution in [0.4, 0.5) is 0 Å². The van der Waals surface area contributed by atoms with Crippen molar-refractivity contribution in [3.8, 4) is 0 Å². The summed E-state index contributed by atoms with van der Waals surface area (Å²) < 4.78 is 0. The molecule has 0 spiro atoms. The highest BCUT2D eigenvalue weighted by atomic mass is 16.4. The van der Waals surface area contributed by atoms with E-state index in [0.29, 0.717) is 5.78 Å². The molecule has 2 fully saturated rings. The van der Waals surface area contributed by atoms with Crippen LogP contribution < -0.4 is 0 Å². The highest BCUT2D eigenvalue weighted by molar-refractivity contribution is 5.92. The maximum absolute atomic E-state index is 12.2. The first-order chi connectivity index (χ1) is 8.33. The second-order valence-corrected chi connectivity index (χ2v) is 5.47. The summed E-state index contributed by atoms with van der Waals surface area (Å²) in [5, 5.41) is 12.6. The summed E-state index contributed by atoms with van der Waals surface area (Å²) in [7, 11) is 0. The summed E-state index contributed by atoms with van der Waals surface area (Å²) in [6.07, 6.45) is 10.5. The summed E-state index contributed by atoms with van der Waals surface area (Å²) in [6, 6.07) is 0. The van der Waals surface area contributed by atoms with Crippen molar-refractivity contribution >= 4 is 11.5 Å². The minimum absolute atomic E-state index is 0.140. The molecular formula is C14H23NO2. The van der Waals surface area contributed by atoms with Gasteiger partial charge in [0.1, 0.15) is 5.78 Å². The Balaban J connectivity index is 2.13. The lowest BCUT2D eigenvalue weighted by atomic mass is 9.79. The minimum atomic E-state index is 0.140. The molecule has 1 N–H and O–H groups in total. The van der Waals surface area contributed by atoms with Crippen molar-refractivity contribution in [1.82, 2.24) is 0 Å². The smallest absolute Gasteiger partial charge is 0.136 e. The summed E-state index contributed by atoms with van der Waals surface area (Å²) in [6.45, 7) is 0. The highest BCUT2D eigenvalue weighted by Crippen LogP contribution is 2.33. The van der Waals surface area contributed by atoms with Crippen molar-refractivity contribution in [2.75, 3.05) is 0 Å². The molecule has 3 nitrogen and oxygen atoms in total. The molecule has 3 heteroatoms. The third-order valence-corrected chi connectivity index (χ3v) is 4.34. The fourth-order valence-electron chi connectivity index (χ4n) is 3.37. The van der Waals surface area contributed by atoms with Crippen LogP contribution in [-0.2, 0) is 4.79 Å². The number of ketones is 1. The third-order valence-electron chi connectivity index (χ3n) is 4.34. The highest BCUT2D eigenvalue weighted by Gasteiger charge is 2.33. The lowest BCUT2D eigenvalue weighted by molar-refractivity contribution is -0.123. The first-order valence-corrected chi connectivity index (χ1v) is 7.06. The maximum atomic E-state index is 12.2. The second-order valence-electron chi connectivity index (χ2n) is 5.47. The Kier molecular flexibility index (Phi) is 4.57. The lowest BCUT2D eigenvalue weighted by Crippen LogP contribution is -2.28. The molecule has 0 amide bonds. The van der Waals surface area contributed by atoms with Crippen LogP contribution in [0.3, 0.4) is 0 Å². The quantitative estimate of drug-likeness (QED) is 0.431. The van der Waals surface area contributed by atoms with E-state index < -0.39 is 0 Å². The standard InChI is InChI=1S/C14H23NO2/c16-14-10-6-2-4-8-12(14)11-7-3-1-5-9-13(11)15-17/h11-12,17H,1-10H2. The molecule has 2 saturated carbocycles. The van der Waals surface area contributed by atoms with Crippen LogP contribution in [0.1, 0.15) is 64.2 Å². The van der Waals surface area contributed by atoms with Gasteiger partial charge >= 0.3 is 0 Å². The van der Waals surface area contributed by atoms with Gasteiger partial charge in [0.2, 0.25) is 0 Å². The van der Waals surface area contributed by atoms with Gasteiger partial charge in [-0.1, -0.05) is 30.8 Å². The van der Waals surface area contributed by atoms with Crippen molar-refractivity contribution in [3.63, 3.8) is 0 Å². The third kappa shape index (κ3) is 3.08. The fraction of sp³-hybridized carbons (Fsp3) is 0.857. The van der Waals surface area contributed by atoms with Crippen molar-refractivity contribution < 1.29 is 10.0 Å². The molecule has 0 saturated heterocycles. The molecule has 2 atom stereocenters. The fourth-order valence-corrected chi connectivity index (χ4v) is 3.37. The van der Waals surface area contributed by atoms with Gasteiger partial charge in [0.25, 0.3) is 0 Å². The van der Waals surface area contributed by atoms with Gasteiger partial charge in [0, 0.05) is 18.3 Å². The minimum Gasteiger partial charge on any atom is -0.411 e. The van der Waals surface area contributed by atoms with E-state index >= 15 is 0 Å². The van der Waals surface area contributed by atoms with Gasteiger partial charge in [-0.25, -0.2) is 0 Å². The predicted octanol–water partition coefficient (Wildman–Crippen LogP) is 3.55. The largest absolute Gasteiger partial charge is 0.411 e. The first-order valence-electron chi connectivity index (χ1n) is 7.06. The number of carbonyl (C=O) groups is 1. The van der Waals surface area contributed by atoms with Gasteiger partial charge in [-0.15, -0.1) is 0 Å². The molecule has 2 rings (SSSR count). The first kappa shape index (κ1) is 12.6. The second kappa shape index (κ2) is 6.18. The summed E-state index contributed by atoms with van der Waals surface area (Å²) in [4.78, 5) is 12.2. The summed E-state index contributed by atoms with van der Waals surface area (Å²) >= 11 is 0. The number of oxime groups is 1. The summed E-state index contributed by atoms with van der Waals surface area (Å²) in [5.74, 6) is 0.783. The topological polar surface area (TPSA) is 49.7 Å². The number of rotatable bonds is 1. The molecule has 0 aromatic carbocycles. The van der Waals surface area contributed by atoms with E-state index in [0.717, 1.165) is 50.7 Å². The van der Waals surface area contributed by atoms with Crippen molar-refractivity contribution in [2.24, 2.45) is 17.0 Å². The molecule has 2 unspecified atom stereocenters. The molecule has 0 aliphatic heterocycles. The molecule has 0 bridgehead atoms. The van der Waals surface area contributed by atoms with Crippen LogP contribution in [-0.4, -0.2) is 16.7 Å². The Morgan fingerprint density at radius 3 is 2.24 bits per heavy atom. The molecule has 0 heterocycles. The predicted molar refractivity (Wildman–Crippen MR) is 67.4 cm³/mol. The number of hydrogen-bond donors (Lipinski definition) is 1. The molecule has 17 heavy (non-hydrogen) atoms. The van der Waals surface area contributed by atoms with E-state index in [4.69, 9.17) is 5.21 Å². The van der Waals surface area contributed by atoms with Crippen molar-refractivity contribution in [2.45, 2.75) is 64.2 Å². The van der Waals surface area contributed by atoms with E-state index in [1.165, 1.54) is 19.3 Å². The van der Waals surface area contributed by atoms with Gasteiger partial charge in [-0.3, -0.25) is 4.79 Å². The van der Waals surface area contributed by atoms with Crippen LogP contribution in [0, 0.1) is 11.8 Å². The molecule has 0 aromatic heterocycles. The zero-order chi connectivity index (χ0) is 12.1. The molecule has 0 radical (unpaired) electrons. The van der Waals surface area contributed by atoms with Gasteiger partial charge in [0.05, 0.1) is 5.71 Å². The molecule has 0 aromatic rings.